The van der Waals surface area contributed by atoms with Crippen LogP contribution in [0.3, 0.4) is 0 Å². The molecule has 0 aliphatic heterocycles. The smallest absolute Gasteiger partial charge is 0.295 e. The first-order chi connectivity index (χ1) is 16.5. The molecular formula is C23H16N6O4S. The van der Waals surface area contributed by atoms with Gasteiger partial charge in [0, 0.05) is 28.8 Å². The topological polar surface area (TPSA) is 150 Å². The van der Waals surface area contributed by atoms with Gasteiger partial charge in [0.1, 0.15) is 0 Å². The predicted molar refractivity (Wildman–Crippen MR) is 128 cm³/mol. The maximum Gasteiger partial charge on any atom is 0.295 e. The van der Waals surface area contributed by atoms with E-state index < -0.39 is 10.8 Å². The lowest BCUT2D eigenvalue weighted by molar-refractivity contribution is -0.384. The van der Waals surface area contributed by atoms with E-state index in [9.17, 15) is 20.0 Å². The van der Waals surface area contributed by atoms with Gasteiger partial charge in [-0.25, -0.2) is 4.98 Å². The molecule has 2 aromatic heterocycles. The van der Waals surface area contributed by atoms with Crippen LogP contribution in [0.1, 0.15) is 15.9 Å². The number of aromatic amines is 2. The number of carbonyl (C=O) groups is 1. The number of thioether (sulfide) groups is 1. The number of nitrogens with zero attached hydrogens (tertiary/aromatic N) is 4. The van der Waals surface area contributed by atoms with E-state index in [4.69, 9.17) is 0 Å². The number of hydrogen-bond acceptors (Lipinski definition) is 7. The molecule has 3 N–H and O–H groups in total. The third kappa shape index (κ3) is 4.24. The molecule has 0 saturated heterocycles. The average Bonchev–Trinajstić information content (AvgIpc) is 3.40. The Morgan fingerprint density at radius 3 is 2.62 bits per heavy atom. The number of hydrogen-bond donors (Lipinski definition) is 3. The number of para-hydroxylation sites is 2. The summed E-state index contributed by atoms with van der Waals surface area (Å²) in [7, 11) is 0. The Bertz CT molecular complexity index is 1540. The van der Waals surface area contributed by atoms with Crippen molar-refractivity contribution < 1.29 is 14.8 Å². The van der Waals surface area contributed by atoms with Gasteiger partial charge < -0.3 is 15.1 Å². The van der Waals surface area contributed by atoms with Gasteiger partial charge in [-0.05, 0) is 35.9 Å². The van der Waals surface area contributed by atoms with Crippen LogP contribution < -0.4 is 0 Å². The molecule has 2 heterocycles. The van der Waals surface area contributed by atoms with Gasteiger partial charge >= 0.3 is 0 Å². The fraction of sp³-hybridized carbons (Fsp3) is 0.0435. The summed E-state index contributed by atoms with van der Waals surface area (Å²) >= 11 is 1.56. The summed E-state index contributed by atoms with van der Waals surface area (Å²) in [6, 6.07) is 18.8. The summed E-state index contributed by atoms with van der Waals surface area (Å²) in [6.45, 7) is 0. The number of H-pyrrole nitrogens is 2. The number of amides is 1. The van der Waals surface area contributed by atoms with Gasteiger partial charge in [-0.3, -0.25) is 14.9 Å². The summed E-state index contributed by atoms with van der Waals surface area (Å²) in [5, 5.41) is 29.7. The zero-order valence-electron chi connectivity index (χ0n) is 17.4. The van der Waals surface area contributed by atoms with Crippen molar-refractivity contribution in [2.45, 2.75) is 10.9 Å². The minimum Gasteiger partial charge on any atom is -0.493 e. The van der Waals surface area contributed by atoms with Crippen LogP contribution in [0, 0.1) is 10.1 Å². The lowest BCUT2D eigenvalue weighted by atomic mass is 10.1. The molecule has 0 aliphatic rings. The highest BCUT2D eigenvalue weighted by Gasteiger charge is 2.15. The number of imidazole rings is 1. The number of nitro groups is 1. The Morgan fingerprint density at radius 2 is 1.85 bits per heavy atom. The summed E-state index contributed by atoms with van der Waals surface area (Å²) in [6.07, 6.45) is 0. The molecule has 1 amide bonds. The highest BCUT2D eigenvalue weighted by molar-refractivity contribution is 7.98. The second-order valence-corrected chi connectivity index (χ2v) is 8.32. The Morgan fingerprint density at radius 1 is 1.06 bits per heavy atom. The van der Waals surface area contributed by atoms with Gasteiger partial charge in [0.25, 0.3) is 11.6 Å². The van der Waals surface area contributed by atoms with Crippen molar-refractivity contribution >= 4 is 51.0 Å². The number of aromatic hydroxyl groups is 1. The maximum atomic E-state index is 12.5. The fourth-order valence-electron chi connectivity index (χ4n) is 3.41. The number of nitro benzene ring substituents is 1. The molecule has 0 spiro atoms. The molecule has 168 valence electrons. The van der Waals surface area contributed by atoms with E-state index in [0.29, 0.717) is 22.2 Å². The molecule has 3 aromatic carbocycles. The number of carbonyl (C=O) groups excluding carboxylic acids is 1. The van der Waals surface area contributed by atoms with Crippen molar-refractivity contribution in [2.24, 2.45) is 10.2 Å². The molecule has 0 unspecified atom stereocenters. The molecule has 0 bridgehead atoms. The lowest BCUT2D eigenvalue weighted by Crippen LogP contribution is -1.94. The van der Waals surface area contributed by atoms with Crippen molar-refractivity contribution in [3.8, 4) is 5.88 Å². The molecule has 0 atom stereocenters. The number of aromatic nitrogens is 3. The normalized spacial score (nSPS) is 11.5. The quantitative estimate of drug-likeness (QED) is 0.122. The fourth-order valence-corrected chi connectivity index (χ4v) is 4.25. The maximum absolute atomic E-state index is 12.5. The number of rotatable bonds is 6. The Balaban J connectivity index is 1.28. The number of fused-ring (bicyclic) bond motifs is 2. The van der Waals surface area contributed by atoms with Crippen LogP contribution >= 0.6 is 11.8 Å². The second-order valence-electron chi connectivity index (χ2n) is 7.36. The molecule has 10 nitrogen and oxygen atoms in total. The van der Waals surface area contributed by atoms with Crippen LogP contribution in [-0.2, 0) is 5.75 Å². The van der Waals surface area contributed by atoms with Crippen molar-refractivity contribution in [3.05, 3.63) is 88.0 Å². The highest BCUT2D eigenvalue weighted by atomic mass is 32.2. The lowest BCUT2D eigenvalue weighted by Gasteiger charge is -2.00. The van der Waals surface area contributed by atoms with E-state index in [0.717, 1.165) is 21.8 Å². The number of benzene rings is 3. The third-order valence-corrected chi connectivity index (χ3v) is 6.08. The van der Waals surface area contributed by atoms with Crippen molar-refractivity contribution in [2.75, 3.05) is 0 Å². The number of non-ortho nitro benzene ring substituents is 1. The largest absolute Gasteiger partial charge is 0.493 e. The number of azo groups is 1. The Labute approximate surface area is 195 Å². The summed E-state index contributed by atoms with van der Waals surface area (Å²) in [4.78, 5) is 33.4. The van der Waals surface area contributed by atoms with Gasteiger partial charge in [0.05, 0.1) is 21.5 Å². The van der Waals surface area contributed by atoms with E-state index in [1.807, 2.05) is 36.4 Å². The summed E-state index contributed by atoms with van der Waals surface area (Å²) in [5.74, 6) is -0.265. The van der Waals surface area contributed by atoms with Crippen LogP contribution in [0.25, 0.3) is 21.9 Å². The second kappa shape index (κ2) is 8.79. The average molecular weight is 472 g/mol. The zero-order valence-corrected chi connectivity index (χ0v) is 18.2. The molecule has 0 saturated carbocycles. The number of nitrogens with one attached hydrogen (secondary N) is 2. The Kier molecular flexibility index (Phi) is 5.52. The molecule has 34 heavy (non-hydrogen) atoms. The van der Waals surface area contributed by atoms with Crippen LogP contribution in [0.2, 0.25) is 0 Å². The minimum absolute atomic E-state index is 0.0362. The van der Waals surface area contributed by atoms with Crippen LogP contribution in [0.4, 0.5) is 11.4 Å². The van der Waals surface area contributed by atoms with Gasteiger partial charge in [0.15, 0.2) is 10.8 Å². The summed E-state index contributed by atoms with van der Waals surface area (Å²) in [5.41, 5.74) is 3.46. The van der Waals surface area contributed by atoms with E-state index in [-0.39, 0.29) is 17.3 Å². The van der Waals surface area contributed by atoms with Crippen LogP contribution in [0.5, 0.6) is 5.88 Å². The highest BCUT2D eigenvalue weighted by Crippen LogP contribution is 2.37. The van der Waals surface area contributed by atoms with Crippen LogP contribution in [0.15, 0.2) is 82.1 Å². The van der Waals surface area contributed by atoms with Gasteiger partial charge in [-0.15, -0.1) is 10.2 Å². The van der Waals surface area contributed by atoms with E-state index in [1.165, 1.54) is 18.2 Å². The molecule has 11 heteroatoms. The summed E-state index contributed by atoms with van der Waals surface area (Å²) < 4.78 is 0. The molecular weight excluding hydrogens is 456 g/mol. The van der Waals surface area contributed by atoms with Crippen molar-refractivity contribution in [1.29, 1.82) is 0 Å². The predicted octanol–water partition coefficient (Wildman–Crippen LogP) is 5.87. The SMILES string of the molecule is O=C(N=Nc1c(O)[nH]c2ccc([N+](=O)[O-])cc12)c1ccc(CSc2nc3ccccc3[nH]2)cc1. The zero-order chi connectivity index (χ0) is 23.7. The van der Waals surface area contributed by atoms with Gasteiger partial charge in [0.2, 0.25) is 5.88 Å². The third-order valence-electron chi connectivity index (χ3n) is 5.13. The van der Waals surface area contributed by atoms with Crippen molar-refractivity contribution in [1.82, 2.24) is 15.0 Å². The van der Waals surface area contributed by atoms with E-state index in [1.54, 1.807) is 23.9 Å². The standard InChI is InChI=1S/C23H16N6O4S/c30-21(28-27-20-16-11-15(29(32)33)9-10-17(16)24-22(20)31)14-7-5-13(6-8-14)12-34-23-25-18-3-1-2-4-19(18)26-23/h1-11,24,31H,12H2,(H,25,26). The van der Waals surface area contributed by atoms with Crippen LogP contribution in [-0.4, -0.2) is 30.9 Å². The van der Waals surface area contributed by atoms with Gasteiger partial charge in [-0.2, -0.15) is 0 Å². The minimum atomic E-state index is -0.601. The molecule has 5 rings (SSSR count). The van der Waals surface area contributed by atoms with E-state index in [2.05, 4.69) is 25.2 Å². The first kappa shape index (κ1) is 21.3. The molecule has 5 aromatic rings. The Hall–Kier alpha value is -4.51. The first-order valence-electron chi connectivity index (χ1n) is 10.1. The van der Waals surface area contributed by atoms with Gasteiger partial charge in [-0.1, -0.05) is 36.0 Å². The monoisotopic (exact) mass is 472 g/mol. The molecule has 0 fully saturated rings. The molecule has 0 radical (unpaired) electrons. The first-order valence-corrected chi connectivity index (χ1v) is 11.1. The van der Waals surface area contributed by atoms with E-state index >= 15 is 0 Å². The molecule has 0 aliphatic carbocycles. The van der Waals surface area contributed by atoms with Crippen molar-refractivity contribution in [3.63, 3.8) is 0 Å².